The summed E-state index contributed by atoms with van der Waals surface area (Å²) < 4.78 is 12.6. The topological polar surface area (TPSA) is 78.3 Å². The van der Waals surface area contributed by atoms with Gasteiger partial charge in [-0.3, -0.25) is 9.48 Å². The van der Waals surface area contributed by atoms with E-state index in [4.69, 9.17) is 9.47 Å². The van der Waals surface area contributed by atoms with E-state index >= 15 is 0 Å². The highest BCUT2D eigenvalue weighted by Crippen LogP contribution is 2.43. The van der Waals surface area contributed by atoms with Gasteiger partial charge in [-0.25, -0.2) is 0 Å². The number of amides is 1. The maximum absolute atomic E-state index is 12.1. The highest BCUT2D eigenvalue weighted by molar-refractivity contribution is 5.84. The third-order valence-corrected chi connectivity index (χ3v) is 4.96. The number of nitrogens with one attached hydrogen (secondary N) is 1. The SMILES string of the molecule is COc1ccc(CNC(=O)COc2cc(C)c3c(C4CC4)nn(C)c3n2)cc1. The van der Waals surface area contributed by atoms with Crippen molar-refractivity contribution in [3.8, 4) is 11.6 Å². The minimum atomic E-state index is -0.195. The smallest absolute Gasteiger partial charge is 0.258 e. The number of carbonyl (C=O) groups excluding carboxylic acids is 1. The molecule has 0 atom stereocenters. The molecule has 3 aromatic rings. The lowest BCUT2D eigenvalue weighted by atomic mass is 10.1. The van der Waals surface area contributed by atoms with Crippen molar-refractivity contribution < 1.29 is 14.3 Å². The molecule has 2 aromatic heterocycles. The molecule has 0 saturated heterocycles. The van der Waals surface area contributed by atoms with Crippen molar-refractivity contribution in [1.82, 2.24) is 20.1 Å². The summed E-state index contributed by atoms with van der Waals surface area (Å²) in [5, 5.41) is 8.59. The number of aromatic nitrogens is 3. The van der Waals surface area contributed by atoms with E-state index < -0.39 is 0 Å². The number of rotatable bonds is 7. The van der Waals surface area contributed by atoms with E-state index in [1.807, 2.05) is 44.3 Å². The van der Waals surface area contributed by atoms with Crippen LogP contribution in [0.3, 0.4) is 0 Å². The van der Waals surface area contributed by atoms with Gasteiger partial charge in [0.05, 0.1) is 12.8 Å². The second-order valence-electron chi connectivity index (χ2n) is 7.17. The minimum absolute atomic E-state index is 0.0819. The van der Waals surface area contributed by atoms with Crippen molar-refractivity contribution >= 4 is 16.9 Å². The normalized spacial score (nSPS) is 13.5. The molecule has 1 amide bonds. The average molecular weight is 380 g/mol. The number of carbonyl (C=O) groups is 1. The van der Waals surface area contributed by atoms with Crippen LogP contribution in [-0.4, -0.2) is 34.4 Å². The molecule has 1 fully saturated rings. The first-order chi connectivity index (χ1) is 13.5. The molecule has 0 bridgehead atoms. The fourth-order valence-corrected chi connectivity index (χ4v) is 3.29. The summed E-state index contributed by atoms with van der Waals surface area (Å²) in [6.07, 6.45) is 2.39. The predicted molar refractivity (Wildman–Crippen MR) is 106 cm³/mol. The van der Waals surface area contributed by atoms with E-state index in [0.717, 1.165) is 33.6 Å². The Morgan fingerprint density at radius 3 is 2.71 bits per heavy atom. The van der Waals surface area contributed by atoms with Crippen LogP contribution in [0.4, 0.5) is 0 Å². The molecular weight excluding hydrogens is 356 g/mol. The van der Waals surface area contributed by atoms with Crippen molar-refractivity contribution in [1.29, 1.82) is 0 Å². The molecule has 1 saturated carbocycles. The standard InChI is InChI=1S/C21H24N4O3/c1-13-10-18(23-21-19(13)20(15-6-7-15)24-25(21)2)28-12-17(26)22-11-14-4-8-16(27-3)9-5-14/h4-5,8-10,15H,6-7,11-12H2,1-3H3,(H,22,26). The van der Waals surface area contributed by atoms with E-state index in [-0.39, 0.29) is 12.5 Å². The van der Waals surface area contributed by atoms with Gasteiger partial charge in [0.2, 0.25) is 5.88 Å². The van der Waals surface area contributed by atoms with Crippen molar-refractivity contribution in [3.63, 3.8) is 0 Å². The predicted octanol–water partition coefficient (Wildman–Crippen LogP) is 2.86. The van der Waals surface area contributed by atoms with E-state index in [2.05, 4.69) is 15.4 Å². The van der Waals surface area contributed by atoms with E-state index in [1.165, 1.54) is 12.8 Å². The molecule has 1 aliphatic rings. The fourth-order valence-electron chi connectivity index (χ4n) is 3.29. The number of methoxy groups -OCH3 is 1. The molecule has 4 rings (SSSR count). The van der Waals surface area contributed by atoms with Crippen molar-refractivity contribution in [3.05, 3.63) is 47.2 Å². The van der Waals surface area contributed by atoms with Crippen LogP contribution in [0.2, 0.25) is 0 Å². The molecule has 7 nitrogen and oxygen atoms in total. The minimum Gasteiger partial charge on any atom is -0.497 e. The maximum atomic E-state index is 12.1. The van der Waals surface area contributed by atoms with Crippen molar-refractivity contribution in [2.75, 3.05) is 13.7 Å². The molecule has 0 unspecified atom stereocenters. The summed E-state index contributed by atoms with van der Waals surface area (Å²) >= 11 is 0. The van der Waals surface area contributed by atoms with Crippen LogP contribution < -0.4 is 14.8 Å². The summed E-state index contributed by atoms with van der Waals surface area (Å²) in [7, 11) is 3.52. The van der Waals surface area contributed by atoms with Crippen LogP contribution in [0.15, 0.2) is 30.3 Å². The highest BCUT2D eigenvalue weighted by atomic mass is 16.5. The Bertz CT molecular complexity index is 1010. The molecule has 1 N–H and O–H groups in total. The highest BCUT2D eigenvalue weighted by Gasteiger charge is 2.30. The van der Waals surface area contributed by atoms with Crippen LogP contribution in [0.1, 0.15) is 35.6 Å². The van der Waals surface area contributed by atoms with Gasteiger partial charge in [-0.15, -0.1) is 0 Å². The van der Waals surface area contributed by atoms with Crippen LogP contribution in [0.25, 0.3) is 11.0 Å². The number of hydrogen-bond donors (Lipinski definition) is 1. The van der Waals surface area contributed by atoms with Crippen molar-refractivity contribution in [2.24, 2.45) is 7.05 Å². The fraction of sp³-hybridized carbons (Fsp3) is 0.381. The van der Waals surface area contributed by atoms with Gasteiger partial charge in [-0.2, -0.15) is 10.1 Å². The summed E-state index contributed by atoms with van der Waals surface area (Å²) in [4.78, 5) is 16.7. The van der Waals surface area contributed by atoms with Gasteiger partial charge in [-0.05, 0) is 43.0 Å². The molecule has 7 heteroatoms. The lowest BCUT2D eigenvalue weighted by Gasteiger charge is -2.09. The lowest BCUT2D eigenvalue weighted by molar-refractivity contribution is -0.123. The number of pyridine rings is 1. The van der Waals surface area contributed by atoms with Crippen LogP contribution in [0.5, 0.6) is 11.6 Å². The zero-order valence-corrected chi connectivity index (χ0v) is 16.4. The van der Waals surface area contributed by atoms with E-state index in [1.54, 1.807) is 11.8 Å². The monoisotopic (exact) mass is 380 g/mol. The second kappa shape index (κ2) is 7.50. The van der Waals surface area contributed by atoms with Crippen molar-refractivity contribution in [2.45, 2.75) is 32.2 Å². The van der Waals surface area contributed by atoms with Gasteiger partial charge in [0.25, 0.3) is 5.91 Å². The number of fused-ring (bicyclic) bond motifs is 1. The van der Waals surface area contributed by atoms with Crippen LogP contribution in [0, 0.1) is 6.92 Å². The second-order valence-corrected chi connectivity index (χ2v) is 7.17. The molecule has 146 valence electrons. The third-order valence-electron chi connectivity index (χ3n) is 4.96. The summed E-state index contributed by atoms with van der Waals surface area (Å²) in [5.41, 5.74) is 4.00. The zero-order chi connectivity index (χ0) is 19.7. The average Bonchev–Trinajstić information content (AvgIpc) is 3.49. The number of hydrogen-bond acceptors (Lipinski definition) is 5. The Kier molecular flexibility index (Phi) is 4.90. The Morgan fingerprint density at radius 2 is 2.04 bits per heavy atom. The van der Waals surface area contributed by atoms with Gasteiger partial charge in [0.1, 0.15) is 5.75 Å². The molecule has 28 heavy (non-hydrogen) atoms. The summed E-state index contributed by atoms with van der Waals surface area (Å²) in [5.74, 6) is 1.59. The Balaban J connectivity index is 1.38. The maximum Gasteiger partial charge on any atom is 0.258 e. The Morgan fingerprint density at radius 1 is 1.29 bits per heavy atom. The summed E-state index contributed by atoms with van der Waals surface area (Å²) in [6.45, 7) is 2.39. The largest absolute Gasteiger partial charge is 0.497 e. The van der Waals surface area contributed by atoms with Gasteiger partial charge in [0, 0.05) is 31.0 Å². The van der Waals surface area contributed by atoms with Gasteiger partial charge in [-0.1, -0.05) is 12.1 Å². The molecule has 2 heterocycles. The molecule has 1 aliphatic carbocycles. The lowest BCUT2D eigenvalue weighted by Crippen LogP contribution is -2.28. The first kappa shape index (κ1) is 18.3. The molecule has 0 aliphatic heterocycles. The first-order valence-corrected chi connectivity index (χ1v) is 9.42. The number of ether oxygens (including phenoxy) is 2. The van der Waals surface area contributed by atoms with Crippen LogP contribution in [-0.2, 0) is 18.4 Å². The molecule has 0 spiro atoms. The van der Waals surface area contributed by atoms with Gasteiger partial charge >= 0.3 is 0 Å². The number of aryl methyl sites for hydroxylation is 2. The molecular formula is C21H24N4O3. The third kappa shape index (κ3) is 3.78. The number of nitrogens with zero attached hydrogens (tertiary/aromatic N) is 3. The van der Waals surface area contributed by atoms with Gasteiger partial charge < -0.3 is 14.8 Å². The summed E-state index contributed by atoms with van der Waals surface area (Å²) in [6, 6.07) is 9.44. The van der Waals surface area contributed by atoms with E-state index in [9.17, 15) is 4.79 Å². The van der Waals surface area contributed by atoms with Crippen LogP contribution >= 0.6 is 0 Å². The number of benzene rings is 1. The van der Waals surface area contributed by atoms with E-state index in [0.29, 0.717) is 18.3 Å². The quantitative estimate of drug-likeness (QED) is 0.682. The zero-order valence-electron chi connectivity index (χ0n) is 16.4. The molecule has 1 aromatic carbocycles. The Labute approximate surface area is 163 Å². The van der Waals surface area contributed by atoms with Gasteiger partial charge in [0.15, 0.2) is 12.3 Å². The Hall–Kier alpha value is -3.09. The molecule has 0 radical (unpaired) electrons. The first-order valence-electron chi connectivity index (χ1n) is 9.42.